The summed E-state index contributed by atoms with van der Waals surface area (Å²) in [5.74, 6) is -0.717. The molecule has 0 spiro atoms. The van der Waals surface area contributed by atoms with Gasteiger partial charge in [0.2, 0.25) is 5.91 Å². The number of carboxylic acid groups (broad SMARTS) is 1. The number of carbonyl (C=O) groups is 2. The second kappa shape index (κ2) is 5.01. The van der Waals surface area contributed by atoms with E-state index in [0.717, 1.165) is 0 Å². The summed E-state index contributed by atoms with van der Waals surface area (Å²) in [6.07, 6.45) is 3.30. The maximum Gasteiger partial charge on any atom is 0.327 e. The third kappa shape index (κ3) is 2.22. The predicted molar refractivity (Wildman–Crippen MR) is 67.1 cm³/mol. The van der Waals surface area contributed by atoms with Crippen LogP contribution in [0.5, 0.6) is 0 Å². The summed E-state index contributed by atoms with van der Waals surface area (Å²) in [5.41, 5.74) is 0. The SMILES string of the molecule is CC1SCC(C(=O)O)N1C(=O)C(C)n1cccn1. The monoisotopic (exact) mass is 269 g/mol. The Morgan fingerprint density at radius 1 is 1.56 bits per heavy atom. The van der Waals surface area contributed by atoms with Crippen LogP contribution in [0.4, 0.5) is 0 Å². The highest BCUT2D eigenvalue weighted by atomic mass is 32.2. The van der Waals surface area contributed by atoms with Crippen LogP contribution < -0.4 is 0 Å². The lowest BCUT2D eigenvalue weighted by Gasteiger charge is -2.27. The van der Waals surface area contributed by atoms with E-state index in [1.54, 1.807) is 25.4 Å². The summed E-state index contributed by atoms with van der Waals surface area (Å²) >= 11 is 1.48. The fourth-order valence-electron chi connectivity index (χ4n) is 2.01. The van der Waals surface area contributed by atoms with Crippen molar-refractivity contribution in [3.05, 3.63) is 18.5 Å². The molecule has 0 saturated carbocycles. The van der Waals surface area contributed by atoms with Crippen molar-refractivity contribution < 1.29 is 14.7 Å². The second-order valence-electron chi connectivity index (χ2n) is 4.19. The van der Waals surface area contributed by atoms with Crippen LogP contribution in [0.1, 0.15) is 19.9 Å². The molecule has 2 rings (SSSR count). The molecule has 7 heteroatoms. The molecule has 1 amide bonds. The molecule has 1 aliphatic heterocycles. The van der Waals surface area contributed by atoms with Crippen molar-refractivity contribution in [3.63, 3.8) is 0 Å². The minimum atomic E-state index is -0.951. The molecular formula is C11H15N3O3S. The summed E-state index contributed by atoms with van der Waals surface area (Å²) in [7, 11) is 0. The Hall–Kier alpha value is -1.50. The highest BCUT2D eigenvalue weighted by Gasteiger charge is 2.41. The van der Waals surface area contributed by atoms with Crippen LogP contribution in [0.25, 0.3) is 0 Å². The van der Waals surface area contributed by atoms with Crippen molar-refractivity contribution in [2.75, 3.05) is 5.75 Å². The number of thioether (sulfide) groups is 1. The first-order valence-electron chi connectivity index (χ1n) is 5.68. The van der Waals surface area contributed by atoms with Gasteiger partial charge >= 0.3 is 5.97 Å². The molecule has 1 aromatic heterocycles. The third-order valence-corrected chi connectivity index (χ3v) is 4.26. The minimum absolute atomic E-state index is 0.114. The smallest absolute Gasteiger partial charge is 0.327 e. The van der Waals surface area contributed by atoms with E-state index in [1.165, 1.54) is 21.3 Å². The van der Waals surface area contributed by atoms with Gasteiger partial charge in [-0.15, -0.1) is 11.8 Å². The molecule has 3 atom stereocenters. The summed E-state index contributed by atoms with van der Waals surface area (Å²) in [6.45, 7) is 3.57. The van der Waals surface area contributed by atoms with Gasteiger partial charge in [-0.3, -0.25) is 9.48 Å². The van der Waals surface area contributed by atoms with Gasteiger partial charge in [-0.05, 0) is 19.9 Å². The molecular weight excluding hydrogens is 254 g/mol. The van der Waals surface area contributed by atoms with E-state index in [-0.39, 0.29) is 11.3 Å². The minimum Gasteiger partial charge on any atom is -0.480 e. The lowest BCUT2D eigenvalue weighted by atomic mass is 10.2. The highest BCUT2D eigenvalue weighted by Crippen LogP contribution is 2.30. The third-order valence-electron chi connectivity index (χ3n) is 3.04. The molecule has 0 radical (unpaired) electrons. The standard InChI is InChI=1S/C11H15N3O3S/c1-7(13-5-3-4-12-13)10(15)14-8(2)18-6-9(14)11(16)17/h3-5,7-9H,6H2,1-2H3,(H,16,17). The first-order chi connectivity index (χ1) is 8.52. The molecule has 6 nitrogen and oxygen atoms in total. The Kier molecular flexibility index (Phi) is 3.60. The van der Waals surface area contributed by atoms with Crippen LogP contribution in [-0.2, 0) is 9.59 Å². The van der Waals surface area contributed by atoms with Crippen molar-refractivity contribution in [1.29, 1.82) is 0 Å². The van der Waals surface area contributed by atoms with Crippen LogP contribution >= 0.6 is 11.8 Å². The van der Waals surface area contributed by atoms with Gasteiger partial charge in [-0.25, -0.2) is 4.79 Å². The normalized spacial score (nSPS) is 25.1. The zero-order valence-electron chi connectivity index (χ0n) is 10.2. The fraction of sp³-hybridized carbons (Fsp3) is 0.545. The summed E-state index contributed by atoms with van der Waals surface area (Å²) < 4.78 is 1.54. The lowest BCUT2D eigenvalue weighted by molar-refractivity contribution is -0.150. The van der Waals surface area contributed by atoms with Gasteiger partial charge in [0.1, 0.15) is 12.1 Å². The molecule has 3 unspecified atom stereocenters. The van der Waals surface area contributed by atoms with Crippen LogP contribution in [0.15, 0.2) is 18.5 Å². The second-order valence-corrected chi connectivity index (χ2v) is 5.54. The largest absolute Gasteiger partial charge is 0.480 e. The first kappa shape index (κ1) is 12.9. The van der Waals surface area contributed by atoms with E-state index < -0.39 is 18.1 Å². The van der Waals surface area contributed by atoms with Crippen molar-refractivity contribution in [3.8, 4) is 0 Å². The van der Waals surface area contributed by atoms with E-state index in [2.05, 4.69) is 5.10 Å². The van der Waals surface area contributed by atoms with E-state index in [0.29, 0.717) is 5.75 Å². The van der Waals surface area contributed by atoms with Gasteiger partial charge in [-0.2, -0.15) is 5.10 Å². The quantitative estimate of drug-likeness (QED) is 0.879. The van der Waals surface area contributed by atoms with E-state index in [1.807, 2.05) is 6.92 Å². The Morgan fingerprint density at radius 3 is 2.83 bits per heavy atom. The summed E-state index contributed by atoms with van der Waals surface area (Å²) in [4.78, 5) is 24.9. The number of nitrogens with zero attached hydrogens (tertiary/aromatic N) is 3. The number of hydrogen-bond acceptors (Lipinski definition) is 4. The van der Waals surface area contributed by atoms with E-state index >= 15 is 0 Å². The molecule has 1 aromatic rings. The average Bonchev–Trinajstić information content (AvgIpc) is 2.95. The van der Waals surface area contributed by atoms with Crippen LogP contribution in [0.3, 0.4) is 0 Å². The number of aliphatic carboxylic acids is 1. The van der Waals surface area contributed by atoms with Gasteiger partial charge in [0.15, 0.2) is 0 Å². The molecule has 18 heavy (non-hydrogen) atoms. The molecule has 1 N–H and O–H groups in total. The topological polar surface area (TPSA) is 75.4 Å². The van der Waals surface area contributed by atoms with E-state index in [4.69, 9.17) is 5.11 Å². The van der Waals surface area contributed by atoms with Gasteiger partial charge in [0, 0.05) is 18.1 Å². The number of aromatic nitrogens is 2. The Balaban J connectivity index is 2.19. The van der Waals surface area contributed by atoms with Crippen molar-refractivity contribution in [2.45, 2.75) is 31.3 Å². The molecule has 0 aromatic carbocycles. The lowest BCUT2D eigenvalue weighted by Crippen LogP contribution is -2.47. The molecule has 0 aliphatic carbocycles. The van der Waals surface area contributed by atoms with Crippen molar-refractivity contribution in [2.24, 2.45) is 0 Å². The Labute approximate surface area is 109 Å². The zero-order chi connectivity index (χ0) is 13.3. The molecule has 0 bridgehead atoms. The van der Waals surface area contributed by atoms with Crippen LogP contribution in [0, 0.1) is 0 Å². The maximum atomic E-state index is 12.4. The van der Waals surface area contributed by atoms with Gasteiger partial charge < -0.3 is 10.0 Å². The fourth-order valence-corrected chi connectivity index (χ4v) is 3.18. The highest BCUT2D eigenvalue weighted by molar-refractivity contribution is 8.00. The molecule has 1 saturated heterocycles. The number of amides is 1. The van der Waals surface area contributed by atoms with Crippen molar-refractivity contribution in [1.82, 2.24) is 14.7 Å². The average molecular weight is 269 g/mol. The Bertz CT molecular complexity index is 448. The number of carboxylic acids is 1. The number of rotatable bonds is 3. The Morgan fingerprint density at radius 2 is 2.28 bits per heavy atom. The molecule has 98 valence electrons. The molecule has 1 fully saturated rings. The van der Waals surface area contributed by atoms with Crippen molar-refractivity contribution >= 4 is 23.6 Å². The first-order valence-corrected chi connectivity index (χ1v) is 6.73. The maximum absolute atomic E-state index is 12.4. The molecule has 2 heterocycles. The van der Waals surface area contributed by atoms with Gasteiger partial charge in [-0.1, -0.05) is 0 Å². The van der Waals surface area contributed by atoms with Crippen LogP contribution in [0.2, 0.25) is 0 Å². The van der Waals surface area contributed by atoms with E-state index in [9.17, 15) is 9.59 Å². The van der Waals surface area contributed by atoms with Gasteiger partial charge in [0.25, 0.3) is 0 Å². The van der Waals surface area contributed by atoms with Crippen LogP contribution in [-0.4, -0.2) is 48.8 Å². The summed E-state index contributed by atoms with van der Waals surface area (Å²) in [5, 5.41) is 13.0. The zero-order valence-corrected chi connectivity index (χ0v) is 11.0. The number of carbonyl (C=O) groups excluding carboxylic acids is 1. The summed E-state index contributed by atoms with van der Waals surface area (Å²) in [6, 6.07) is 0.513. The molecule has 1 aliphatic rings. The number of hydrogen-bond donors (Lipinski definition) is 1. The predicted octanol–water partition coefficient (Wildman–Crippen LogP) is 0.819. The van der Waals surface area contributed by atoms with Gasteiger partial charge in [0.05, 0.1) is 5.37 Å².